The van der Waals surface area contributed by atoms with Crippen LogP contribution in [0.25, 0.3) is 5.69 Å². The van der Waals surface area contributed by atoms with E-state index in [-0.39, 0.29) is 5.91 Å². The monoisotopic (exact) mass is 409 g/mol. The number of nitrogens with zero attached hydrogens (tertiary/aromatic N) is 2. The summed E-state index contributed by atoms with van der Waals surface area (Å²) in [6.07, 6.45) is 0.707. The number of amides is 1. The van der Waals surface area contributed by atoms with Crippen LogP contribution < -0.4 is 19.5 Å². The molecule has 0 unspecified atom stereocenters. The second kappa shape index (κ2) is 9.35. The van der Waals surface area contributed by atoms with Gasteiger partial charge in [0.1, 0.15) is 5.75 Å². The van der Waals surface area contributed by atoms with E-state index in [4.69, 9.17) is 14.2 Å². The molecule has 1 heterocycles. The molecule has 0 spiro atoms. The zero-order valence-electron chi connectivity index (χ0n) is 18.0. The Hall–Kier alpha value is -3.48. The first-order chi connectivity index (χ1) is 14.5. The van der Waals surface area contributed by atoms with Crippen molar-refractivity contribution in [1.29, 1.82) is 0 Å². The highest BCUT2D eigenvalue weighted by Gasteiger charge is 2.17. The van der Waals surface area contributed by atoms with Gasteiger partial charge in [0, 0.05) is 24.4 Å². The summed E-state index contributed by atoms with van der Waals surface area (Å²) in [4.78, 5) is 12.7. The highest BCUT2D eigenvalue weighted by molar-refractivity contribution is 5.97. The van der Waals surface area contributed by atoms with Gasteiger partial charge in [0.25, 0.3) is 5.91 Å². The third kappa shape index (κ3) is 4.56. The number of nitrogens with one attached hydrogen (secondary N) is 1. The summed E-state index contributed by atoms with van der Waals surface area (Å²) in [6, 6.07) is 13.5. The highest BCUT2D eigenvalue weighted by Crippen LogP contribution is 2.34. The van der Waals surface area contributed by atoms with Crippen molar-refractivity contribution in [3.63, 3.8) is 0 Å². The van der Waals surface area contributed by atoms with Crippen LogP contribution in [-0.4, -0.2) is 43.6 Å². The van der Waals surface area contributed by atoms with Gasteiger partial charge in [-0.1, -0.05) is 12.1 Å². The van der Waals surface area contributed by atoms with E-state index in [9.17, 15) is 4.79 Å². The fraction of sp³-hybridized carbons (Fsp3) is 0.304. The van der Waals surface area contributed by atoms with Gasteiger partial charge in [-0.15, -0.1) is 0 Å². The van der Waals surface area contributed by atoms with E-state index in [1.165, 1.54) is 21.3 Å². The van der Waals surface area contributed by atoms with Gasteiger partial charge in [-0.25, -0.2) is 4.68 Å². The Balaban J connectivity index is 1.64. The van der Waals surface area contributed by atoms with E-state index in [1.807, 2.05) is 36.7 Å². The molecule has 7 nitrogen and oxygen atoms in total. The predicted octanol–water partition coefficient (Wildman–Crippen LogP) is 3.49. The van der Waals surface area contributed by atoms with Gasteiger partial charge >= 0.3 is 0 Å². The van der Waals surface area contributed by atoms with Crippen LogP contribution >= 0.6 is 0 Å². The van der Waals surface area contributed by atoms with Crippen LogP contribution in [0.2, 0.25) is 0 Å². The topological polar surface area (TPSA) is 74.6 Å². The predicted molar refractivity (Wildman–Crippen MR) is 115 cm³/mol. The van der Waals surface area contributed by atoms with E-state index in [1.54, 1.807) is 12.1 Å². The van der Waals surface area contributed by atoms with Crippen LogP contribution in [0.1, 0.15) is 27.3 Å². The average molecular weight is 409 g/mol. The van der Waals surface area contributed by atoms with Crippen molar-refractivity contribution in [2.24, 2.45) is 0 Å². The molecule has 3 rings (SSSR count). The number of rotatable bonds is 8. The molecule has 1 N–H and O–H groups in total. The maximum Gasteiger partial charge on any atom is 0.255 e. The van der Waals surface area contributed by atoms with E-state index < -0.39 is 0 Å². The number of methoxy groups -OCH3 is 3. The lowest BCUT2D eigenvalue weighted by Gasteiger charge is -2.14. The number of ether oxygens (including phenoxy) is 3. The van der Waals surface area contributed by atoms with E-state index >= 15 is 0 Å². The summed E-state index contributed by atoms with van der Waals surface area (Å²) < 4.78 is 17.8. The quantitative estimate of drug-likeness (QED) is 0.616. The summed E-state index contributed by atoms with van der Waals surface area (Å²) in [5, 5.41) is 7.44. The zero-order valence-corrected chi connectivity index (χ0v) is 18.0. The number of carbonyl (C=O) groups is 1. The molecular formula is C23H27N3O4. The Morgan fingerprint density at radius 2 is 1.57 bits per heavy atom. The molecule has 30 heavy (non-hydrogen) atoms. The second-order valence-corrected chi connectivity index (χ2v) is 6.92. The standard InChI is InChI=1S/C23H27N3O4/c1-15-12-16(2)26(25-15)18-8-6-17(7-9-18)10-11-24-23(27)19-13-21(29-4)22(30-5)14-20(19)28-3/h6-9,12-14H,10-11H2,1-5H3,(H,24,27). The third-order valence-corrected chi connectivity index (χ3v) is 4.84. The Bertz CT molecular complexity index is 1030. The van der Waals surface area contributed by atoms with Gasteiger partial charge in [0.15, 0.2) is 11.5 Å². The molecule has 0 radical (unpaired) electrons. The molecule has 158 valence electrons. The summed E-state index contributed by atoms with van der Waals surface area (Å²) in [5.41, 5.74) is 4.62. The summed E-state index contributed by atoms with van der Waals surface area (Å²) in [7, 11) is 4.58. The van der Waals surface area contributed by atoms with E-state index in [0.717, 1.165) is 22.6 Å². The number of carbonyl (C=O) groups excluding carboxylic acids is 1. The first kappa shape index (κ1) is 21.2. The summed E-state index contributed by atoms with van der Waals surface area (Å²) >= 11 is 0. The van der Waals surface area contributed by atoms with Gasteiger partial charge < -0.3 is 19.5 Å². The summed E-state index contributed by atoms with van der Waals surface area (Å²) in [5.74, 6) is 1.18. The minimum Gasteiger partial charge on any atom is -0.496 e. The van der Waals surface area contributed by atoms with Crippen molar-refractivity contribution < 1.29 is 19.0 Å². The van der Waals surface area contributed by atoms with Crippen LogP contribution in [0.4, 0.5) is 0 Å². The fourth-order valence-electron chi connectivity index (χ4n) is 3.32. The van der Waals surface area contributed by atoms with Gasteiger partial charge in [-0.05, 0) is 44.0 Å². The Labute approximate surface area is 176 Å². The molecule has 7 heteroatoms. The molecule has 0 atom stereocenters. The maximum atomic E-state index is 12.7. The smallest absolute Gasteiger partial charge is 0.255 e. The largest absolute Gasteiger partial charge is 0.496 e. The van der Waals surface area contributed by atoms with Crippen LogP contribution in [0.5, 0.6) is 17.2 Å². The van der Waals surface area contributed by atoms with Gasteiger partial charge in [-0.2, -0.15) is 5.10 Å². The molecule has 0 saturated carbocycles. The average Bonchev–Trinajstić information content (AvgIpc) is 3.10. The molecule has 0 saturated heterocycles. The lowest BCUT2D eigenvalue weighted by atomic mass is 10.1. The first-order valence-electron chi connectivity index (χ1n) is 9.67. The molecule has 2 aromatic carbocycles. The minimum absolute atomic E-state index is 0.230. The van der Waals surface area contributed by atoms with Crippen LogP contribution in [0.3, 0.4) is 0 Å². The highest BCUT2D eigenvalue weighted by atomic mass is 16.5. The summed E-state index contributed by atoms with van der Waals surface area (Å²) in [6.45, 7) is 4.51. The SMILES string of the molecule is COc1cc(OC)c(C(=O)NCCc2ccc(-n3nc(C)cc3C)cc2)cc1OC. The van der Waals surface area contributed by atoms with Crippen LogP contribution in [0.15, 0.2) is 42.5 Å². The van der Waals surface area contributed by atoms with Crippen molar-refractivity contribution in [2.45, 2.75) is 20.3 Å². The normalized spacial score (nSPS) is 10.6. The zero-order chi connectivity index (χ0) is 21.7. The third-order valence-electron chi connectivity index (χ3n) is 4.84. The maximum absolute atomic E-state index is 12.7. The molecule has 1 amide bonds. The molecular weight excluding hydrogens is 382 g/mol. The second-order valence-electron chi connectivity index (χ2n) is 6.92. The van der Waals surface area contributed by atoms with Gasteiger partial charge in [0.2, 0.25) is 0 Å². The van der Waals surface area contributed by atoms with Gasteiger partial charge in [-0.3, -0.25) is 4.79 Å². The van der Waals surface area contributed by atoms with E-state index in [2.05, 4.69) is 22.5 Å². The van der Waals surface area contributed by atoms with Crippen molar-refractivity contribution >= 4 is 5.91 Å². The first-order valence-corrected chi connectivity index (χ1v) is 9.67. The Morgan fingerprint density at radius 3 is 2.13 bits per heavy atom. The number of hydrogen-bond donors (Lipinski definition) is 1. The van der Waals surface area contributed by atoms with Crippen LogP contribution in [0, 0.1) is 13.8 Å². The van der Waals surface area contributed by atoms with Crippen molar-refractivity contribution in [3.05, 3.63) is 65.0 Å². The lowest BCUT2D eigenvalue weighted by Crippen LogP contribution is -2.26. The van der Waals surface area contributed by atoms with Crippen molar-refractivity contribution in [3.8, 4) is 22.9 Å². The number of aromatic nitrogens is 2. The van der Waals surface area contributed by atoms with Crippen molar-refractivity contribution in [2.75, 3.05) is 27.9 Å². The molecule has 1 aromatic heterocycles. The molecule has 3 aromatic rings. The molecule has 0 aliphatic rings. The fourth-order valence-corrected chi connectivity index (χ4v) is 3.32. The molecule has 0 bridgehead atoms. The Kier molecular flexibility index (Phi) is 6.61. The van der Waals surface area contributed by atoms with E-state index in [0.29, 0.717) is 35.8 Å². The minimum atomic E-state index is -0.230. The van der Waals surface area contributed by atoms with Crippen molar-refractivity contribution in [1.82, 2.24) is 15.1 Å². The Morgan fingerprint density at radius 1 is 0.933 bits per heavy atom. The molecule has 0 aliphatic heterocycles. The molecule has 0 fully saturated rings. The number of aryl methyl sites for hydroxylation is 2. The number of benzene rings is 2. The molecule has 0 aliphatic carbocycles. The van der Waals surface area contributed by atoms with Crippen LogP contribution in [-0.2, 0) is 6.42 Å². The van der Waals surface area contributed by atoms with Gasteiger partial charge in [0.05, 0.1) is 38.3 Å². The lowest BCUT2D eigenvalue weighted by molar-refractivity contribution is 0.0950. The number of hydrogen-bond acceptors (Lipinski definition) is 5.